The van der Waals surface area contributed by atoms with E-state index in [2.05, 4.69) is 15.9 Å². The molecule has 1 saturated carbocycles. The Balaban J connectivity index is 2.49. The first-order valence-electron chi connectivity index (χ1n) is 5.62. The van der Waals surface area contributed by atoms with Crippen LogP contribution in [0.15, 0.2) is 10.6 Å². The summed E-state index contributed by atoms with van der Waals surface area (Å²) >= 11 is 3.45. The summed E-state index contributed by atoms with van der Waals surface area (Å²) in [5.74, 6) is 0.196. The van der Waals surface area contributed by atoms with Crippen LogP contribution in [0, 0.1) is 0 Å². The maximum absolute atomic E-state index is 10.8. The number of hydrogen-bond acceptors (Lipinski definition) is 2. The highest BCUT2D eigenvalue weighted by molar-refractivity contribution is 9.11. The highest BCUT2D eigenvalue weighted by atomic mass is 79.9. The number of hydrogen-bond donors (Lipinski definition) is 1. The Morgan fingerprint density at radius 1 is 1.40 bits per heavy atom. The highest BCUT2D eigenvalue weighted by Gasteiger charge is 2.31. The fraction of sp³-hybridized carbons (Fsp3) is 0.750. The summed E-state index contributed by atoms with van der Waals surface area (Å²) in [6.45, 7) is 1.59. The van der Waals surface area contributed by atoms with E-state index >= 15 is 0 Å². The summed E-state index contributed by atoms with van der Waals surface area (Å²) in [5.41, 5.74) is -0.658. The van der Waals surface area contributed by atoms with Gasteiger partial charge in [-0.05, 0) is 26.2 Å². The highest BCUT2D eigenvalue weighted by Crippen LogP contribution is 2.37. The number of halogens is 1. The van der Waals surface area contributed by atoms with E-state index in [0.717, 1.165) is 36.6 Å². The lowest BCUT2D eigenvalue weighted by Crippen LogP contribution is -2.31. The molecule has 15 heavy (non-hydrogen) atoms. The van der Waals surface area contributed by atoms with Crippen molar-refractivity contribution >= 4 is 21.7 Å². The molecule has 1 aliphatic rings. The molecule has 0 aromatic rings. The molecule has 0 unspecified atom stereocenters. The van der Waals surface area contributed by atoms with E-state index < -0.39 is 5.60 Å². The van der Waals surface area contributed by atoms with Crippen LogP contribution in [0.5, 0.6) is 0 Å². The van der Waals surface area contributed by atoms with Gasteiger partial charge in [0.2, 0.25) is 0 Å². The lowest BCUT2D eigenvalue weighted by Gasteiger charge is -2.32. The topological polar surface area (TPSA) is 37.3 Å². The van der Waals surface area contributed by atoms with E-state index in [-0.39, 0.29) is 5.78 Å². The number of aliphatic hydroxyl groups is 1. The van der Waals surface area contributed by atoms with Gasteiger partial charge >= 0.3 is 0 Å². The van der Waals surface area contributed by atoms with Gasteiger partial charge in [0.1, 0.15) is 5.78 Å². The molecule has 0 heterocycles. The minimum atomic E-state index is -0.658. The maximum atomic E-state index is 10.8. The summed E-state index contributed by atoms with van der Waals surface area (Å²) in [5, 5.41) is 10.3. The molecule has 3 heteroatoms. The molecule has 2 nitrogen and oxygen atoms in total. The SMILES string of the molecule is CC(=O)CC/C=C(\Br)C1(O)CCCCC1. The van der Waals surface area contributed by atoms with Crippen molar-refractivity contribution in [3.05, 3.63) is 10.6 Å². The van der Waals surface area contributed by atoms with Crippen LogP contribution in [0.3, 0.4) is 0 Å². The van der Waals surface area contributed by atoms with Gasteiger partial charge < -0.3 is 9.90 Å². The van der Waals surface area contributed by atoms with Gasteiger partial charge in [-0.1, -0.05) is 41.3 Å². The van der Waals surface area contributed by atoms with E-state index in [9.17, 15) is 9.90 Å². The average molecular weight is 275 g/mol. The smallest absolute Gasteiger partial charge is 0.130 e. The predicted octanol–water partition coefficient (Wildman–Crippen LogP) is 3.33. The fourth-order valence-electron chi connectivity index (χ4n) is 1.97. The van der Waals surface area contributed by atoms with Crippen LogP contribution in [0.25, 0.3) is 0 Å². The molecule has 0 aromatic carbocycles. The lowest BCUT2D eigenvalue weighted by atomic mass is 9.84. The first kappa shape index (κ1) is 12.9. The second-order valence-electron chi connectivity index (χ2n) is 4.38. The Morgan fingerprint density at radius 2 is 2.00 bits per heavy atom. The van der Waals surface area contributed by atoms with Crippen molar-refractivity contribution in [2.75, 3.05) is 0 Å². The number of carbonyl (C=O) groups excluding carboxylic acids is 1. The Hall–Kier alpha value is -0.150. The van der Waals surface area contributed by atoms with Gasteiger partial charge in [-0.25, -0.2) is 0 Å². The van der Waals surface area contributed by atoms with Crippen LogP contribution in [0.4, 0.5) is 0 Å². The first-order chi connectivity index (χ1) is 7.04. The van der Waals surface area contributed by atoms with Gasteiger partial charge in [-0.15, -0.1) is 0 Å². The third kappa shape index (κ3) is 4.07. The molecule has 86 valence electrons. The Labute approximate surface area is 99.9 Å². The van der Waals surface area contributed by atoms with Crippen molar-refractivity contribution < 1.29 is 9.90 Å². The number of Topliss-reactive ketones (excluding diaryl/α,β-unsaturated/α-hetero) is 1. The van der Waals surface area contributed by atoms with Gasteiger partial charge in [-0.3, -0.25) is 0 Å². The number of ketones is 1. The minimum Gasteiger partial charge on any atom is -0.385 e. The van der Waals surface area contributed by atoms with Crippen molar-refractivity contribution in [2.24, 2.45) is 0 Å². The predicted molar refractivity (Wildman–Crippen MR) is 65.0 cm³/mol. The fourth-order valence-corrected chi connectivity index (χ4v) is 2.59. The number of carbonyl (C=O) groups is 1. The standard InChI is InChI=1S/C12H19BrO2/c1-10(14)6-5-7-11(13)12(15)8-3-2-4-9-12/h7,15H,2-6,8-9H2,1H3/b11-7-. The monoisotopic (exact) mass is 274 g/mol. The normalized spacial score (nSPS) is 21.4. The molecule has 0 aromatic heterocycles. The Bertz CT molecular complexity index is 252. The number of allylic oxidation sites excluding steroid dienone is 1. The molecule has 1 aliphatic carbocycles. The van der Waals surface area contributed by atoms with Crippen molar-refractivity contribution in [3.8, 4) is 0 Å². The zero-order chi connectivity index (χ0) is 11.3. The third-order valence-corrected chi connectivity index (χ3v) is 4.01. The second-order valence-corrected chi connectivity index (χ2v) is 5.24. The third-order valence-electron chi connectivity index (χ3n) is 2.95. The summed E-state index contributed by atoms with van der Waals surface area (Å²) < 4.78 is 0.871. The Morgan fingerprint density at radius 3 is 2.53 bits per heavy atom. The summed E-state index contributed by atoms with van der Waals surface area (Å²) in [4.78, 5) is 10.8. The van der Waals surface area contributed by atoms with Crippen LogP contribution in [0.2, 0.25) is 0 Å². The molecule has 1 N–H and O–H groups in total. The average Bonchev–Trinajstić information content (AvgIpc) is 2.18. The molecular weight excluding hydrogens is 256 g/mol. The van der Waals surface area contributed by atoms with E-state index in [1.54, 1.807) is 6.92 Å². The van der Waals surface area contributed by atoms with Gasteiger partial charge in [0.15, 0.2) is 0 Å². The van der Waals surface area contributed by atoms with Crippen molar-refractivity contribution in [3.63, 3.8) is 0 Å². The van der Waals surface area contributed by atoms with Crippen LogP contribution >= 0.6 is 15.9 Å². The molecule has 0 saturated heterocycles. The number of rotatable bonds is 4. The van der Waals surface area contributed by atoms with Gasteiger partial charge in [0.25, 0.3) is 0 Å². The summed E-state index contributed by atoms with van der Waals surface area (Å²) in [6.07, 6.45) is 8.30. The molecule has 0 amide bonds. The van der Waals surface area contributed by atoms with E-state index in [0.29, 0.717) is 6.42 Å². The minimum absolute atomic E-state index is 0.196. The van der Waals surface area contributed by atoms with Gasteiger partial charge in [-0.2, -0.15) is 0 Å². The molecule has 0 bridgehead atoms. The second kappa shape index (κ2) is 5.80. The molecular formula is C12H19BrO2. The molecule has 0 radical (unpaired) electrons. The first-order valence-corrected chi connectivity index (χ1v) is 6.42. The van der Waals surface area contributed by atoms with Gasteiger partial charge in [0, 0.05) is 10.9 Å². The molecule has 0 atom stereocenters. The zero-order valence-corrected chi connectivity index (χ0v) is 10.8. The van der Waals surface area contributed by atoms with Crippen LogP contribution in [-0.2, 0) is 4.79 Å². The van der Waals surface area contributed by atoms with E-state index in [1.165, 1.54) is 6.42 Å². The van der Waals surface area contributed by atoms with Crippen LogP contribution in [-0.4, -0.2) is 16.5 Å². The summed E-state index contributed by atoms with van der Waals surface area (Å²) in [6, 6.07) is 0. The Kier molecular flexibility index (Phi) is 5.00. The zero-order valence-electron chi connectivity index (χ0n) is 9.26. The molecule has 1 fully saturated rings. The maximum Gasteiger partial charge on any atom is 0.130 e. The largest absolute Gasteiger partial charge is 0.385 e. The van der Waals surface area contributed by atoms with Crippen LogP contribution in [0.1, 0.15) is 51.9 Å². The van der Waals surface area contributed by atoms with Crippen molar-refractivity contribution in [1.82, 2.24) is 0 Å². The van der Waals surface area contributed by atoms with Crippen molar-refractivity contribution in [2.45, 2.75) is 57.5 Å². The molecule has 0 aliphatic heterocycles. The van der Waals surface area contributed by atoms with Crippen LogP contribution < -0.4 is 0 Å². The van der Waals surface area contributed by atoms with E-state index in [1.807, 2.05) is 6.08 Å². The molecule has 1 rings (SSSR count). The summed E-state index contributed by atoms with van der Waals surface area (Å²) in [7, 11) is 0. The van der Waals surface area contributed by atoms with E-state index in [4.69, 9.17) is 0 Å². The van der Waals surface area contributed by atoms with Gasteiger partial charge in [0.05, 0.1) is 5.60 Å². The van der Waals surface area contributed by atoms with Crippen molar-refractivity contribution in [1.29, 1.82) is 0 Å². The lowest BCUT2D eigenvalue weighted by molar-refractivity contribution is -0.116. The quantitative estimate of drug-likeness (QED) is 0.854. The molecule has 0 spiro atoms.